The third-order valence-corrected chi connectivity index (χ3v) is 6.09. The first kappa shape index (κ1) is 27.0. The summed E-state index contributed by atoms with van der Waals surface area (Å²) in [4.78, 5) is 15.4. The summed E-state index contributed by atoms with van der Waals surface area (Å²) in [6, 6.07) is 21.6. The number of carboxylic acids is 1. The number of carbonyl (C=O) groups is 1. The molecular formula is C27H30F3N3O3. The molecule has 36 heavy (non-hydrogen) atoms. The highest BCUT2D eigenvalue weighted by atomic mass is 19.4. The summed E-state index contributed by atoms with van der Waals surface area (Å²) in [7, 11) is 1.75. The number of pyridine rings is 1. The van der Waals surface area contributed by atoms with Crippen LogP contribution in [-0.4, -0.2) is 49.0 Å². The SMILES string of the molecule is COc1ccccc1N1CCC(CNC(C)c2ccc(-c3ccncc3)cc2)C1.O=C(O)C(F)(F)F. The zero-order valence-electron chi connectivity index (χ0n) is 20.2. The molecule has 192 valence electrons. The average Bonchev–Trinajstić information content (AvgIpc) is 3.36. The second-order valence-electron chi connectivity index (χ2n) is 8.56. The lowest BCUT2D eigenvalue weighted by molar-refractivity contribution is -0.192. The van der Waals surface area contributed by atoms with Gasteiger partial charge in [0.15, 0.2) is 0 Å². The maximum Gasteiger partial charge on any atom is 0.490 e. The number of aliphatic carboxylic acids is 1. The zero-order chi connectivity index (χ0) is 26.1. The maximum atomic E-state index is 10.6. The molecule has 2 N–H and O–H groups in total. The topological polar surface area (TPSA) is 74.7 Å². The maximum absolute atomic E-state index is 10.6. The van der Waals surface area contributed by atoms with Crippen molar-refractivity contribution in [2.75, 3.05) is 31.6 Å². The molecule has 0 aliphatic carbocycles. The van der Waals surface area contributed by atoms with Crippen molar-refractivity contribution in [3.63, 3.8) is 0 Å². The third-order valence-electron chi connectivity index (χ3n) is 6.09. The number of ether oxygens (including phenoxy) is 1. The van der Waals surface area contributed by atoms with Gasteiger partial charge in [-0.25, -0.2) is 4.79 Å². The minimum atomic E-state index is -5.08. The molecule has 3 aromatic rings. The van der Waals surface area contributed by atoms with Crippen molar-refractivity contribution < 1.29 is 27.8 Å². The number of hydrogen-bond donors (Lipinski definition) is 2. The highest BCUT2D eigenvalue weighted by molar-refractivity contribution is 5.73. The lowest BCUT2D eigenvalue weighted by Crippen LogP contribution is -2.28. The van der Waals surface area contributed by atoms with Crippen molar-refractivity contribution in [1.29, 1.82) is 0 Å². The van der Waals surface area contributed by atoms with Crippen LogP contribution in [0.3, 0.4) is 0 Å². The van der Waals surface area contributed by atoms with Gasteiger partial charge < -0.3 is 20.1 Å². The Morgan fingerprint density at radius 2 is 1.72 bits per heavy atom. The van der Waals surface area contributed by atoms with Crippen LogP contribution in [-0.2, 0) is 4.79 Å². The first-order chi connectivity index (χ1) is 17.2. The molecule has 2 unspecified atom stereocenters. The number of nitrogens with zero attached hydrogens (tertiary/aromatic N) is 2. The average molecular weight is 502 g/mol. The van der Waals surface area contributed by atoms with E-state index in [1.165, 1.54) is 28.8 Å². The van der Waals surface area contributed by atoms with Gasteiger partial charge in [-0.2, -0.15) is 13.2 Å². The molecule has 1 fully saturated rings. The predicted octanol–water partition coefficient (Wildman–Crippen LogP) is 5.57. The first-order valence-electron chi connectivity index (χ1n) is 11.6. The second kappa shape index (κ2) is 12.4. The molecular weight excluding hydrogens is 471 g/mol. The Hall–Kier alpha value is -3.59. The molecule has 1 aliphatic heterocycles. The van der Waals surface area contributed by atoms with Gasteiger partial charge in [0.1, 0.15) is 5.75 Å². The Balaban J connectivity index is 0.000000454. The highest BCUT2D eigenvalue weighted by Gasteiger charge is 2.38. The summed E-state index contributed by atoms with van der Waals surface area (Å²) >= 11 is 0. The van der Waals surface area contributed by atoms with E-state index in [4.69, 9.17) is 14.6 Å². The van der Waals surface area contributed by atoms with Crippen LogP contribution in [0.1, 0.15) is 24.9 Å². The van der Waals surface area contributed by atoms with Crippen LogP contribution < -0.4 is 15.0 Å². The largest absolute Gasteiger partial charge is 0.495 e. The van der Waals surface area contributed by atoms with E-state index in [1.807, 2.05) is 36.7 Å². The molecule has 1 aromatic heterocycles. The van der Waals surface area contributed by atoms with E-state index < -0.39 is 12.1 Å². The zero-order valence-corrected chi connectivity index (χ0v) is 20.2. The Morgan fingerprint density at radius 1 is 1.11 bits per heavy atom. The number of anilines is 1. The molecule has 9 heteroatoms. The number of nitrogens with one attached hydrogen (secondary N) is 1. The number of hydrogen-bond acceptors (Lipinski definition) is 5. The first-order valence-corrected chi connectivity index (χ1v) is 11.6. The van der Waals surface area contributed by atoms with Gasteiger partial charge in [-0.3, -0.25) is 4.98 Å². The molecule has 0 saturated carbocycles. The van der Waals surface area contributed by atoms with Gasteiger partial charge in [-0.05, 0) is 60.2 Å². The van der Waals surface area contributed by atoms with Crippen LogP contribution in [0.25, 0.3) is 11.1 Å². The van der Waals surface area contributed by atoms with Crippen molar-refractivity contribution >= 4 is 11.7 Å². The van der Waals surface area contributed by atoms with Crippen molar-refractivity contribution in [1.82, 2.24) is 10.3 Å². The smallest absolute Gasteiger partial charge is 0.490 e. The van der Waals surface area contributed by atoms with E-state index in [-0.39, 0.29) is 0 Å². The molecule has 2 atom stereocenters. The van der Waals surface area contributed by atoms with Gasteiger partial charge in [-0.15, -0.1) is 0 Å². The lowest BCUT2D eigenvalue weighted by Gasteiger charge is -2.22. The number of benzene rings is 2. The number of halogens is 3. The molecule has 0 radical (unpaired) electrons. The monoisotopic (exact) mass is 501 g/mol. The van der Waals surface area contributed by atoms with Gasteiger partial charge >= 0.3 is 12.1 Å². The second-order valence-corrected chi connectivity index (χ2v) is 8.56. The number of alkyl halides is 3. The minimum Gasteiger partial charge on any atom is -0.495 e. The highest BCUT2D eigenvalue weighted by Crippen LogP contribution is 2.32. The number of methoxy groups -OCH3 is 1. The van der Waals surface area contributed by atoms with E-state index in [9.17, 15) is 13.2 Å². The fourth-order valence-electron chi connectivity index (χ4n) is 4.08. The summed E-state index contributed by atoms with van der Waals surface area (Å²) in [5.74, 6) is -1.14. The van der Waals surface area contributed by atoms with Crippen molar-refractivity contribution in [3.05, 3.63) is 78.6 Å². The van der Waals surface area contributed by atoms with Crippen LogP contribution in [0.5, 0.6) is 5.75 Å². The van der Waals surface area contributed by atoms with Gasteiger partial charge in [0.2, 0.25) is 0 Å². The molecule has 0 spiro atoms. The van der Waals surface area contributed by atoms with Crippen LogP contribution in [0.4, 0.5) is 18.9 Å². The van der Waals surface area contributed by atoms with Crippen LogP contribution in [0, 0.1) is 5.92 Å². The molecule has 4 rings (SSSR count). The fraction of sp³-hybridized carbons (Fsp3) is 0.333. The summed E-state index contributed by atoms with van der Waals surface area (Å²) in [6.45, 7) is 5.43. The summed E-state index contributed by atoms with van der Waals surface area (Å²) in [5.41, 5.74) is 4.96. The number of para-hydroxylation sites is 2. The van der Waals surface area contributed by atoms with E-state index in [0.29, 0.717) is 12.0 Å². The molecule has 0 bridgehead atoms. The van der Waals surface area contributed by atoms with E-state index in [1.54, 1.807) is 7.11 Å². The predicted molar refractivity (Wildman–Crippen MR) is 133 cm³/mol. The Morgan fingerprint density at radius 3 is 2.33 bits per heavy atom. The molecule has 1 saturated heterocycles. The van der Waals surface area contributed by atoms with Gasteiger partial charge in [-0.1, -0.05) is 36.4 Å². The van der Waals surface area contributed by atoms with Crippen LogP contribution >= 0.6 is 0 Å². The van der Waals surface area contributed by atoms with Gasteiger partial charge in [0.25, 0.3) is 0 Å². The van der Waals surface area contributed by atoms with Crippen molar-refractivity contribution in [3.8, 4) is 16.9 Å². The number of carboxylic acid groups (broad SMARTS) is 1. The molecule has 2 aromatic carbocycles. The number of rotatable bonds is 7. The third kappa shape index (κ3) is 7.45. The molecule has 6 nitrogen and oxygen atoms in total. The van der Waals surface area contributed by atoms with E-state index >= 15 is 0 Å². The number of aromatic nitrogens is 1. The van der Waals surface area contributed by atoms with Crippen LogP contribution in [0.2, 0.25) is 0 Å². The fourth-order valence-corrected chi connectivity index (χ4v) is 4.08. The molecule has 0 amide bonds. The summed E-state index contributed by atoms with van der Waals surface area (Å²) in [6.07, 6.45) is -0.203. The normalized spacial score (nSPS) is 16.1. The minimum absolute atomic E-state index is 0.335. The van der Waals surface area contributed by atoms with Crippen molar-refractivity contribution in [2.45, 2.75) is 25.6 Å². The Labute approximate surface area is 208 Å². The molecule has 2 heterocycles. The van der Waals surface area contributed by atoms with Gasteiger partial charge in [0, 0.05) is 38.1 Å². The van der Waals surface area contributed by atoms with Crippen molar-refractivity contribution in [2.24, 2.45) is 5.92 Å². The Bertz CT molecular complexity index is 1110. The van der Waals surface area contributed by atoms with E-state index in [2.05, 4.69) is 58.5 Å². The molecule has 1 aliphatic rings. The summed E-state index contributed by atoms with van der Waals surface area (Å²) < 4.78 is 37.3. The Kier molecular flexibility index (Phi) is 9.30. The summed E-state index contributed by atoms with van der Waals surface area (Å²) in [5, 5.41) is 10.9. The van der Waals surface area contributed by atoms with Gasteiger partial charge in [0.05, 0.1) is 12.8 Å². The van der Waals surface area contributed by atoms with E-state index in [0.717, 1.165) is 25.4 Å². The standard InChI is InChI=1S/C25H29N3O.C2HF3O2/c1-19(21-7-9-22(10-8-21)23-11-14-26-15-12-23)27-17-20-13-16-28(18-20)24-5-3-4-6-25(24)29-2;3-2(4,5)1(6)7/h3-12,14-15,19-20,27H,13,16-18H2,1-2H3;(H,6,7). The quantitative estimate of drug-likeness (QED) is 0.441. The van der Waals surface area contributed by atoms with Crippen LogP contribution in [0.15, 0.2) is 73.1 Å². The lowest BCUT2D eigenvalue weighted by atomic mass is 10.0.